The van der Waals surface area contributed by atoms with Crippen LogP contribution in [-0.4, -0.2) is 29.2 Å². The number of aromatic amines is 1. The number of imidazole rings is 1. The van der Waals surface area contributed by atoms with Gasteiger partial charge in [-0.3, -0.25) is 0 Å². The van der Waals surface area contributed by atoms with Gasteiger partial charge in [0.15, 0.2) is 0 Å². The van der Waals surface area contributed by atoms with Crippen molar-refractivity contribution in [3.63, 3.8) is 0 Å². The molecule has 2 rings (SSSR count). The molecule has 0 spiro atoms. The first-order valence-corrected chi connectivity index (χ1v) is 5.12. The molecular formula is C10H17N3O. The SMILES string of the molecule is COC1CCC(NCc2cnc[nH]2)C1. The maximum Gasteiger partial charge on any atom is 0.0922 e. The van der Waals surface area contributed by atoms with Crippen molar-refractivity contribution in [3.05, 3.63) is 18.2 Å². The highest BCUT2D eigenvalue weighted by Gasteiger charge is 2.23. The van der Waals surface area contributed by atoms with Gasteiger partial charge >= 0.3 is 0 Å². The topological polar surface area (TPSA) is 49.9 Å². The van der Waals surface area contributed by atoms with Crippen molar-refractivity contribution in [2.75, 3.05) is 7.11 Å². The number of methoxy groups -OCH3 is 1. The molecule has 4 heteroatoms. The van der Waals surface area contributed by atoms with Crippen molar-refractivity contribution < 1.29 is 4.74 Å². The Balaban J connectivity index is 1.72. The van der Waals surface area contributed by atoms with E-state index in [1.54, 1.807) is 13.4 Å². The van der Waals surface area contributed by atoms with Crippen LogP contribution in [0, 0.1) is 0 Å². The summed E-state index contributed by atoms with van der Waals surface area (Å²) in [5.41, 5.74) is 1.14. The third-order valence-electron chi connectivity index (χ3n) is 2.85. The minimum absolute atomic E-state index is 0.453. The molecule has 14 heavy (non-hydrogen) atoms. The number of hydrogen-bond acceptors (Lipinski definition) is 3. The van der Waals surface area contributed by atoms with Crippen LogP contribution in [0.2, 0.25) is 0 Å². The predicted octanol–water partition coefficient (Wildman–Crippen LogP) is 1.07. The Morgan fingerprint density at radius 3 is 3.21 bits per heavy atom. The summed E-state index contributed by atoms with van der Waals surface area (Å²) in [6.07, 6.45) is 7.54. The third-order valence-corrected chi connectivity index (χ3v) is 2.85. The molecule has 0 saturated heterocycles. The summed E-state index contributed by atoms with van der Waals surface area (Å²) >= 11 is 0. The van der Waals surface area contributed by atoms with E-state index in [4.69, 9.17) is 4.74 Å². The van der Waals surface area contributed by atoms with Gasteiger partial charge in [-0.1, -0.05) is 0 Å². The molecular weight excluding hydrogens is 178 g/mol. The molecule has 0 aromatic carbocycles. The summed E-state index contributed by atoms with van der Waals surface area (Å²) in [6.45, 7) is 0.876. The summed E-state index contributed by atoms with van der Waals surface area (Å²) in [6, 6.07) is 0.600. The molecule has 1 aromatic heterocycles. The van der Waals surface area contributed by atoms with E-state index in [0.717, 1.165) is 18.7 Å². The molecule has 78 valence electrons. The number of nitrogens with zero attached hydrogens (tertiary/aromatic N) is 1. The van der Waals surface area contributed by atoms with Crippen molar-refractivity contribution in [1.82, 2.24) is 15.3 Å². The number of aromatic nitrogens is 2. The first-order valence-electron chi connectivity index (χ1n) is 5.12. The second-order valence-electron chi connectivity index (χ2n) is 3.83. The van der Waals surface area contributed by atoms with Crippen LogP contribution >= 0.6 is 0 Å². The van der Waals surface area contributed by atoms with E-state index in [1.807, 2.05) is 6.20 Å². The Morgan fingerprint density at radius 1 is 1.64 bits per heavy atom. The average Bonchev–Trinajstić information content (AvgIpc) is 2.86. The lowest BCUT2D eigenvalue weighted by Crippen LogP contribution is -2.26. The first-order chi connectivity index (χ1) is 6.88. The van der Waals surface area contributed by atoms with Gasteiger partial charge in [-0.25, -0.2) is 4.98 Å². The lowest BCUT2D eigenvalue weighted by molar-refractivity contribution is 0.107. The van der Waals surface area contributed by atoms with Crippen molar-refractivity contribution in [2.45, 2.75) is 38.0 Å². The number of ether oxygens (including phenoxy) is 1. The molecule has 1 fully saturated rings. The van der Waals surface area contributed by atoms with Crippen LogP contribution in [0.5, 0.6) is 0 Å². The van der Waals surface area contributed by atoms with E-state index < -0.39 is 0 Å². The van der Waals surface area contributed by atoms with Crippen molar-refractivity contribution in [3.8, 4) is 0 Å². The molecule has 0 bridgehead atoms. The largest absolute Gasteiger partial charge is 0.381 e. The highest BCUT2D eigenvalue weighted by Crippen LogP contribution is 2.21. The smallest absolute Gasteiger partial charge is 0.0922 e. The number of nitrogens with one attached hydrogen (secondary N) is 2. The monoisotopic (exact) mass is 195 g/mol. The van der Waals surface area contributed by atoms with Gasteiger partial charge in [0.05, 0.1) is 12.4 Å². The predicted molar refractivity (Wildman–Crippen MR) is 53.9 cm³/mol. The van der Waals surface area contributed by atoms with E-state index in [0.29, 0.717) is 12.1 Å². The fraction of sp³-hybridized carbons (Fsp3) is 0.700. The Labute approximate surface area is 84.1 Å². The minimum Gasteiger partial charge on any atom is -0.381 e. The molecule has 1 heterocycles. The standard InChI is InChI=1S/C10H17N3O/c1-14-10-3-2-8(4-10)12-6-9-5-11-7-13-9/h5,7-8,10,12H,2-4,6H2,1H3,(H,11,13). The first kappa shape index (κ1) is 9.68. The van der Waals surface area contributed by atoms with E-state index in [2.05, 4.69) is 15.3 Å². The van der Waals surface area contributed by atoms with Crippen molar-refractivity contribution in [1.29, 1.82) is 0 Å². The fourth-order valence-electron chi connectivity index (χ4n) is 1.98. The number of H-pyrrole nitrogens is 1. The molecule has 1 aliphatic carbocycles. The van der Waals surface area contributed by atoms with Crippen LogP contribution in [0.15, 0.2) is 12.5 Å². The van der Waals surface area contributed by atoms with Crippen LogP contribution < -0.4 is 5.32 Å². The van der Waals surface area contributed by atoms with Crippen LogP contribution in [0.4, 0.5) is 0 Å². The highest BCUT2D eigenvalue weighted by atomic mass is 16.5. The Morgan fingerprint density at radius 2 is 2.57 bits per heavy atom. The Hall–Kier alpha value is -0.870. The zero-order chi connectivity index (χ0) is 9.80. The molecule has 0 amide bonds. The van der Waals surface area contributed by atoms with Crippen LogP contribution in [0.25, 0.3) is 0 Å². The second kappa shape index (κ2) is 4.57. The zero-order valence-electron chi connectivity index (χ0n) is 8.49. The van der Waals surface area contributed by atoms with Gasteiger partial charge in [-0.05, 0) is 19.3 Å². The fourth-order valence-corrected chi connectivity index (χ4v) is 1.98. The molecule has 1 aliphatic rings. The summed E-state index contributed by atoms with van der Waals surface area (Å²) in [5, 5.41) is 3.50. The maximum absolute atomic E-state index is 5.32. The van der Waals surface area contributed by atoms with Gasteiger partial charge in [-0.15, -0.1) is 0 Å². The maximum atomic E-state index is 5.32. The summed E-state index contributed by atoms with van der Waals surface area (Å²) in [4.78, 5) is 7.06. The van der Waals surface area contributed by atoms with E-state index in [1.165, 1.54) is 12.8 Å². The molecule has 0 aliphatic heterocycles. The van der Waals surface area contributed by atoms with Gasteiger partial charge in [0, 0.05) is 31.6 Å². The molecule has 4 nitrogen and oxygen atoms in total. The molecule has 2 unspecified atom stereocenters. The van der Waals surface area contributed by atoms with Crippen LogP contribution in [0.1, 0.15) is 25.0 Å². The molecule has 2 atom stereocenters. The van der Waals surface area contributed by atoms with Crippen molar-refractivity contribution in [2.24, 2.45) is 0 Å². The van der Waals surface area contributed by atoms with Gasteiger partial charge in [0.1, 0.15) is 0 Å². The molecule has 1 aromatic rings. The number of hydrogen-bond donors (Lipinski definition) is 2. The quantitative estimate of drug-likeness (QED) is 0.755. The molecule has 0 radical (unpaired) electrons. The average molecular weight is 195 g/mol. The number of rotatable bonds is 4. The Bertz CT molecular complexity index is 260. The highest BCUT2D eigenvalue weighted by molar-refractivity contribution is 4.94. The van der Waals surface area contributed by atoms with Gasteiger partial charge in [-0.2, -0.15) is 0 Å². The Kier molecular flexibility index (Phi) is 3.16. The normalized spacial score (nSPS) is 26.9. The second-order valence-corrected chi connectivity index (χ2v) is 3.83. The lowest BCUT2D eigenvalue weighted by Gasteiger charge is -2.11. The molecule has 2 N–H and O–H groups in total. The van der Waals surface area contributed by atoms with Gasteiger partial charge < -0.3 is 15.0 Å². The summed E-state index contributed by atoms with van der Waals surface area (Å²) < 4.78 is 5.32. The van der Waals surface area contributed by atoms with E-state index >= 15 is 0 Å². The van der Waals surface area contributed by atoms with E-state index in [-0.39, 0.29) is 0 Å². The third kappa shape index (κ3) is 2.33. The van der Waals surface area contributed by atoms with Crippen molar-refractivity contribution >= 4 is 0 Å². The van der Waals surface area contributed by atoms with Crippen LogP contribution in [0.3, 0.4) is 0 Å². The van der Waals surface area contributed by atoms with Gasteiger partial charge in [0.2, 0.25) is 0 Å². The summed E-state index contributed by atoms with van der Waals surface area (Å²) in [7, 11) is 1.79. The lowest BCUT2D eigenvalue weighted by atomic mass is 10.2. The van der Waals surface area contributed by atoms with Gasteiger partial charge in [0.25, 0.3) is 0 Å². The van der Waals surface area contributed by atoms with E-state index in [9.17, 15) is 0 Å². The zero-order valence-corrected chi connectivity index (χ0v) is 8.49. The minimum atomic E-state index is 0.453. The molecule has 1 saturated carbocycles. The summed E-state index contributed by atoms with van der Waals surface area (Å²) in [5.74, 6) is 0. The van der Waals surface area contributed by atoms with Crippen LogP contribution in [-0.2, 0) is 11.3 Å².